The standard InChI is InChI=1S/C20H24N2O3S/c1-26(24,25)19-9-7-18(8-10-19)20(23)22-15-13-21(14-16-22)12-11-17-5-3-2-4-6-17/h2-10H,11-16H2,1H3. The zero-order valence-electron chi connectivity index (χ0n) is 15.0. The Morgan fingerprint density at radius 1 is 0.923 bits per heavy atom. The van der Waals surface area contributed by atoms with E-state index < -0.39 is 9.84 Å². The molecule has 0 spiro atoms. The molecule has 0 atom stereocenters. The third kappa shape index (κ3) is 4.71. The fraction of sp³-hybridized carbons (Fsp3) is 0.350. The Labute approximate surface area is 155 Å². The Hall–Kier alpha value is -2.18. The number of benzene rings is 2. The zero-order valence-corrected chi connectivity index (χ0v) is 15.8. The largest absolute Gasteiger partial charge is 0.336 e. The number of carbonyl (C=O) groups is 1. The number of hydrogen-bond acceptors (Lipinski definition) is 4. The maximum atomic E-state index is 12.6. The minimum Gasteiger partial charge on any atom is -0.336 e. The van der Waals surface area contributed by atoms with E-state index in [0.717, 1.165) is 26.1 Å². The predicted octanol–water partition coefficient (Wildman–Crippen LogP) is 2.09. The maximum Gasteiger partial charge on any atom is 0.253 e. The molecule has 0 N–H and O–H groups in total. The van der Waals surface area contributed by atoms with Crippen molar-refractivity contribution in [3.8, 4) is 0 Å². The fourth-order valence-corrected chi connectivity index (χ4v) is 3.76. The van der Waals surface area contributed by atoms with E-state index in [9.17, 15) is 13.2 Å². The molecule has 5 nitrogen and oxygen atoms in total. The Morgan fingerprint density at radius 3 is 2.12 bits per heavy atom. The summed E-state index contributed by atoms with van der Waals surface area (Å²) in [6.45, 7) is 4.11. The van der Waals surface area contributed by atoms with Gasteiger partial charge in [0.1, 0.15) is 0 Å². The normalized spacial score (nSPS) is 15.8. The van der Waals surface area contributed by atoms with Gasteiger partial charge in [0.15, 0.2) is 9.84 Å². The maximum absolute atomic E-state index is 12.6. The lowest BCUT2D eigenvalue weighted by Crippen LogP contribution is -2.49. The molecule has 1 fully saturated rings. The second kappa shape index (κ2) is 8.01. The summed E-state index contributed by atoms with van der Waals surface area (Å²) in [5, 5.41) is 0. The van der Waals surface area contributed by atoms with Gasteiger partial charge in [-0.15, -0.1) is 0 Å². The summed E-state index contributed by atoms with van der Waals surface area (Å²) in [5.74, 6) is -0.0345. The van der Waals surface area contributed by atoms with Crippen molar-refractivity contribution in [2.75, 3.05) is 39.0 Å². The van der Waals surface area contributed by atoms with Gasteiger partial charge in [-0.1, -0.05) is 30.3 Å². The lowest BCUT2D eigenvalue weighted by molar-refractivity contribution is 0.0638. The highest BCUT2D eigenvalue weighted by Crippen LogP contribution is 2.14. The molecule has 0 saturated carbocycles. The second-order valence-electron chi connectivity index (χ2n) is 6.67. The second-order valence-corrected chi connectivity index (χ2v) is 8.68. The molecule has 1 heterocycles. The Bertz CT molecular complexity index is 840. The first-order valence-corrected chi connectivity index (χ1v) is 10.7. The molecule has 6 heteroatoms. The molecule has 26 heavy (non-hydrogen) atoms. The smallest absolute Gasteiger partial charge is 0.253 e. The van der Waals surface area contributed by atoms with E-state index >= 15 is 0 Å². The summed E-state index contributed by atoms with van der Waals surface area (Å²) in [5.41, 5.74) is 1.87. The molecule has 0 unspecified atom stereocenters. The van der Waals surface area contributed by atoms with Gasteiger partial charge in [0.2, 0.25) is 0 Å². The summed E-state index contributed by atoms with van der Waals surface area (Å²) in [6.07, 6.45) is 2.18. The van der Waals surface area contributed by atoms with Crippen LogP contribution in [0.1, 0.15) is 15.9 Å². The van der Waals surface area contributed by atoms with Gasteiger partial charge < -0.3 is 4.90 Å². The molecule has 0 aliphatic carbocycles. The van der Waals surface area contributed by atoms with Crippen LogP contribution in [0.3, 0.4) is 0 Å². The van der Waals surface area contributed by atoms with Gasteiger partial charge in [0, 0.05) is 44.5 Å². The minimum atomic E-state index is -3.24. The number of piperazine rings is 1. The van der Waals surface area contributed by atoms with E-state index in [4.69, 9.17) is 0 Å². The fourth-order valence-electron chi connectivity index (χ4n) is 3.13. The van der Waals surface area contributed by atoms with Crippen LogP contribution in [0.15, 0.2) is 59.5 Å². The summed E-state index contributed by atoms with van der Waals surface area (Å²) >= 11 is 0. The van der Waals surface area contributed by atoms with Crippen LogP contribution >= 0.6 is 0 Å². The summed E-state index contributed by atoms with van der Waals surface area (Å²) in [7, 11) is -3.24. The number of sulfone groups is 1. The molecule has 1 aliphatic heterocycles. The highest BCUT2D eigenvalue weighted by atomic mass is 32.2. The SMILES string of the molecule is CS(=O)(=O)c1ccc(C(=O)N2CCN(CCc3ccccc3)CC2)cc1. The van der Waals surface area contributed by atoms with E-state index in [-0.39, 0.29) is 10.8 Å². The van der Waals surface area contributed by atoms with Crippen molar-refractivity contribution in [2.24, 2.45) is 0 Å². The van der Waals surface area contributed by atoms with Gasteiger partial charge in [0.25, 0.3) is 5.91 Å². The van der Waals surface area contributed by atoms with Gasteiger partial charge in [-0.25, -0.2) is 8.42 Å². The quantitative estimate of drug-likeness (QED) is 0.806. The molecule has 0 bridgehead atoms. The molecule has 0 aromatic heterocycles. The van der Waals surface area contributed by atoms with Gasteiger partial charge in [-0.05, 0) is 36.2 Å². The molecule has 2 aromatic carbocycles. The number of rotatable bonds is 5. The lowest BCUT2D eigenvalue weighted by atomic mass is 10.1. The summed E-state index contributed by atoms with van der Waals surface area (Å²) in [4.78, 5) is 17.1. The predicted molar refractivity (Wildman–Crippen MR) is 102 cm³/mol. The van der Waals surface area contributed by atoms with Crippen LogP contribution in [0.4, 0.5) is 0 Å². The molecular weight excluding hydrogens is 348 g/mol. The zero-order chi connectivity index (χ0) is 18.6. The third-order valence-corrected chi connectivity index (χ3v) is 5.88. The molecule has 2 aromatic rings. The van der Waals surface area contributed by atoms with Crippen LogP contribution < -0.4 is 0 Å². The Morgan fingerprint density at radius 2 is 1.54 bits per heavy atom. The molecule has 1 aliphatic rings. The first kappa shape index (κ1) is 18.6. The molecular formula is C20H24N2O3S. The van der Waals surface area contributed by atoms with Crippen molar-refractivity contribution in [3.63, 3.8) is 0 Å². The van der Waals surface area contributed by atoms with Gasteiger partial charge in [-0.3, -0.25) is 9.69 Å². The summed E-state index contributed by atoms with van der Waals surface area (Å²) in [6, 6.07) is 16.6. The van der Waals surface area contributed by atoms with E-state index in [0.29, 0.717) is 18.7 Å². The van der Waals surface area contributed by atoms with Crippen molar-refractivity contribution in [1.82, 2.24) is 9.80 Å². The average molecular weight is 372 g/mol. The molecule has 138 valence electrons. The van der Waals surface area contributed by atoms with Crippen LogP contribution in [-0.4, -0.2) is 63.1 Å². The average Bonchev–Trinajstić information content (AvgIpc) is 2.66. The van der Waals surface area contributed by atoms with E-state index in [1.165, 1.54) is 24.0 Å². The first-order chi connectivity index (χ1) is 12.4. The minimum absolute atomic E-state index is 0.0345. The number of carbonyl (C=O) groups excluding carboxylic acids is 1. The first-order valence-electron chi connectivity index (χ1n) is 8.79. The van der Waals surface area contributed by atoms with E-state index in [1.54, 1.807) is 12.1 Å². The highest BCUT2D eigenvalue weighted by Gasteiger charge is 2.22. The van der Waals surface area contributed by atoms with Crippen molar-refractivity contribution in [2.45, 2.75) is 11.3 Å². The third-order valence-electron chi connectivity index (χ3n) is 4.75. The van der Waals surface area contributed by atoms with Crippen LogP contribution in [0.25, 0.3) is 0 Å². The number of hydrogen-bond donors (Lipinski definition) is 0. The molecule has 3 rings (SSSR count). The topological polar surface area (TPSA) is 57.7 Å². The van der Waals surface area contributed by atoms with Crippen LogP contribution in [0, 0.1) is 0 Å². The monoisotopic (exact) mass is 372 g/mol. The van der Waals surface area contributed by atoms with Gasteiger partial charge in [0.05, 0.1) is 4.90 Å². The van der Waals surface area contributed by atoms with Gasteiger partial charge in [-0.2, -0.15) is 0 Å². The Balaban J connectivity index is 1.52. The summed E-state index contributed by atoms with van der Waals surface area (Å²) < 4.78 is 23.0. The molecule has 1 amide bonds. The van der Waals surface area contributed by atoms with E-state index in [1.807, 2.05) is 11.0 Å². The van der Waals surface area contributed by atoms with Crippen molar-refractivity contribution >= 4 is 15.7 Å². The van der Waals surface area contributed by atoms with Crippen molar-refractivity contribution in [1.29, 1.82) is 0 Å². The van der Waals surface area contributed by atoms with Crippen molar-refractivity contribution < 1.29 is 13.2 Å². The van der Waals surface area contributed by atoms with Crippen LogP contribution in [-0.2, 0) is 16.3 Å². The molecule has 1 saturated heterocycles. The van der Waals surface area contributed by atoms with Crippen LogP contribution in [0.5, 0.6) is 0 Å². The van der Waals surface area contributed by atoms with Gasteiger partial charge >= 0.3 is 0 Å². The Kier molecular flexibility index (Phi) is 5.74. The number of nitrogens with zero attached hydrogens (tertiary/aromatic N) is 2. The lowest BCUT2D eigenvalue weighted by Gasteiger charge is -2.34. The van der Waals surface area contributed by atoms with E-state index in [2.05, 4.69) is 29.2 Å². The number of amides is 1. The highest BCUT2D eigenvalue weighted by molar-refractivity contribution is 7.90. The molecule has 0 radical (unpaired) electrons. The van der Waals surface area contributed by atoms with Crippen molar-refractivity contribution in [3.05, 3.63) is 65.7 Å². The van der Waals surface area contributed by atoms with Crippen LogP contribution in [0.2, 0.25) is 0 Å².